The summed E-state index contributed by atoms with van der Waals surface area (Å²) >= 11 is 0. The Balaban J connectivity index is 1.48. The number of aryl methyl sites for hydroxylation is 2. The second-order valence-corrected chi connectivity index (χ2v) is 8.59. The van der Waals surface area contributed by atoms with Crippen LogP contribution in [-0.4, -0.2) is 24.2 Å². The van der Waals surface area contributed by atoms with Crippen LogP contribution in [0, 0.1) is 12.7 Å². The number of nitrogens with zero attached hydrogens (tertiary/aromatic N) is 1. The van der Waals surface area contributed by atoms with Gasteiger partial charge in [-0.25, -0.2) is 4.39 Å². The molecule has 1 aliphatic rings. The summed E-state index contributed by atoms with van der Waals surface area (Å²) in [6, 6.07) is 16.7. The highest BCUT2D eigenvalue weighted by molar-refractivity contribution is 5.73. The number of fused-ring (bicyclic) bond motifs is 1. The Morgan fingerprint density at radius 1 is 1.12 bits per heavy atom. The fraction of sp³-hybridized carbons (Fsp3) is 0.321. The molecular formula is C28H31FN2O3. The number of aromatic hydroxyl groups is 1. The molecule has 2 N–H and O–H groups in total. The second kappa shape index (κ2) is 10.6. The Morgan fingerprint density at radius 2 is 1.88 bits per heavy atom. The molecule has 5 nitrogen and oxygen atoms in total. The smallest absolute Gasteiger partial charge is 0.306 e. The van der Waals surface area contributed by atoms with Crippen molar-refractivity contribution in [2.75, 3.05) is 23.4 Å². The summed E-state index contributed by atoms with van der Waals surface area (Å²) in [4.78, 5) is 13.9. The number of carbonyl (C=O) groups is 1. The zero-order valence-corrected chi connectivity index (χ0v) is 19.7. The molecule has 3 aromatic rings. The van der Waals surface area contributed by atoms with Gasteiger partial charge in [0.05, 0.1) is 6.61 Å². The van der Waals surface area contributed by atoms with Crippen LogP contribution in [0.1, 0.15) is 42.0 Å². The third-order valence-corrected chi connectivity index (χ3v) is 6.33. The quantitative estimate of drug-likeness (QED) is 0.400. The van der Waals surface area contributed by atoms with Gasteiger partial charge < -0.3 is 20.1 Å². The highest BCUT2D eigenvalue weighted by Crippen LogP contribution is 2.38. The molecule has 178 valence electrons. The minimum absolute atomic E-state index is 0.170. The summed E-state index contributed by atoms with van der Waals surface area (Å²) in [5.41, 5.74) is 7.15. The fourth-order valence-electron chi connectivity index (χ4n) is 4.52. The van der Waals surface area contributed by atoms with Gasteiger partial charge >= 0.3 is 5.97 Å². The van der Waals surface area contributed by atoms with Gasteiger partial charge in [-0.1, -0.05) is 18.2 Å². The predicted molar refractivity (Wildman–Crippen MR) is 133 cm³/mol. The van der Waals surface area contributed by atoms with Gasteiger partial charge in [-0.05, 0) is 91.8 Å². The van der Waals surface area contributed by atoms with Crippen LogP contribution >= 0.6 is 0 Å². The number of benzene rings is 3. The number of nitrogens with one attached hydrogen (secondary N) is 1. The summed E-state index contributed by atoms with van der Waals surface area (Å²) < 4.78 is 19.5. The maximum Gasteiger partial charge on any atom is 0.306 e. The van der Waals surface area contributed by atoms with Gasteiger partial charge in [0.15, 0.2) is 0 Å². The molecule has 0 unspecified atom stereocenters. The largest absolute Gasteiger partial charge is 0.508 e. The molecule has 1 aliphatic heterocycles. The molecule has 6 heteroatoms. The first kappa shape index (κ1) is 23.6. The lowest BCUT2D eigenvalue weighted by Gasteiger charge is -2.34. The predicted octanol–water partition coefficient (Wildman–Crippen LogP) is 6.03. The van der Waals surface area contributed by atoms with E-state index >= 15 is 0 Å². The molecule has 34 heavy (non-hydrogen) atoms. The lowest BCUT2D eigenvalue weighted by molar-refractivity contribution is -0.143. The van der Waals surface area contributed by atoms with E-state index in [0.29, 0.717) is 30.8 Å². The van der Waals surface area contributed by atoms with Gasteiger partial charge in [0.2, 0.25) is 0 Å². The van der Waals surface area contributed by atoms with Crippen molar-refractivity contribution in [1.29, 1.82) is 0 Å². The molecule has 0 saturated heterocycles. The van der Waals surface area contributed by atoms with E-state index in [4.69, 9.17) is 4.74 Å². The van der Waals surface area contributed by atoms with E-state index in [0.717, 1.165) is 30.6 Å². The Bertz CT molecular complexity index is 1160. The van der Waals surface area contributed by atoms with Crippen LogP contribution in [-0.2, 0) is 28.9 Å². The highest BCUT2D eigenvalue weighted by atomic mass is 19.1. The summed E-state index contributed by atoms with van der Waals surface area (Å²) in [7, 11) is 0. The number of phenolic OH excluding ortho intramolecular Hbond substituents is 1. The number of carbonyl (C=O) groups excluding carboxylic acids is 1. The molecule has 0 aliphatic carbocycles. The second-order valence-electron chi connectivity index (χ2n) is 8.59. The maximum absolute atomic E-state index is 14.6. The standard InChI is InChI=1S/C28H31FN2O3/c1-3-34-27(33)15-9-20-8-10-23(17-26(20)29)30-18-22-7-6-21-5-4-16-31(28(21)19(22)2)24-11-13-25(32)14-12-24/h6-8,10-14,17,30,32H,3-5,9,15-16,18H2,1-2H3. The van der Waals surface area contributed by atoms with Gasteiger partial charge in [-0.2, -0.15) is 0 Å². The first-order chi connectivity index (χ1) is 16.5. The number of hydrogen-bond acceptors (Lipinski definition) is 5. The highest BCUT2D eigenvalue weighted by Gasteiger charge is 2.22. The molecule has 0 atom stereocenters. The number of anilines is 3. The third kappa shape index (κ3) is 5.33. The van der Waals surface area contributed by atoms with E-state index in [9.17, 15) is 14.3 Å². The van der Waals surface area contributed by atoms with E-state index in [-0.39, 0.29) is 24.0 Å². The van der Waals surface area contributed by atoms with Gasteiger partial charge in [-0.3, -0.25) is 4.79 Å². The lowest BCUT2D eigenvalue weighted by Crippen LogP contribution is -2.26. The first-order valence-corrected chi connectivity index (χ1v) is 11.8. The van der Waals surface area contributed by atoms with Crippen LogP contribution in [0.2, 0.25) is 0 Å². The van der Waals surface area contributed by atoms with Gasteiger partial charge in [-0.15, -0.1) is 0 Å². The van der Waals surface area contributed by atoms with Crippen LogP contribution in [0.25, 0.3) is 0 Å². The number of hydrogen-bond donors (Lipinski definition) is 2. The molecule has 0 amide bonds. The van der Waals surface area contributed by atoms with Crippen molar-refractivity contribution in [3.05, 3.63) is 82.7 Å². The van der Waals surface area contributed by atoms with E-state index in [1.807, 2.05) is 18.2 Å². The summed E-state index contributed by atoms with van der Waals surface area (Å²) in [5, 5.41) is 13.0. The Labute approximate surface area is 200 Å². The molecule has 3 aromatic carbocycles. The number of rotatable bonds is 8. The lowest BCUT2D eigenvalue weighted by atomic mass is 9.94. The molecule has 0 fully saturated rings. The fourth-order valence-corrected chi connectivity index (χ4v) is 4.52. The van der Waals surface area contributed by atoms with Crippen molar-refractivity contribution in [2.24, 2.45) is 0 Å². The maximum atomic E-state index is 14.6. The Kier molecular flexibility index (Phi) is 7.36. The van der Waals surface area contributed by atoms with Crippen molar-refractivity contribution < 1.29 is 19.0 Å². The Morgan fingerprint density at radius 3 is 2.62 bits per heavy atom. The van der Waals surface area contributed by atoms with E-state index < -0.39 is 0 Å². The molecule has 0 bridgehead atoms. The summed E-state index contributed by atoms with van der Waals surface area (Å²) in [6.45, 7) is 5.72. The molecule has 0 radical (unpaired) electrons. The molecule has 0 saturated carbocycles. The number of halogens is 1. The zero-order valence-electron chi connectivity index (χ0n) is 19.7. The number of ether oxygens (including phenoxy) is 1. The molecule has 1 heterocycles. The number of esters is 1. The van der Waals surface area contributed by atoms with Crippen LogP contribution in [0.15, 0.2) is 54.6 Å². The average Bonchev–Trinajstić information content (AvgIpc) is 2.83. The minimum Gasteiger partial charge on any atom is -0.508 e. The van der Waals surface area contributed by atoms with Crippen LogP contribution in [0.3, 0.4) is 0 Å². The van der Waals surface area contributed by atoms with Crippen LogP contribution in [0.5, 0.6) is 5.75 Å². The van der Waals surface area contributed by atoms with Crippen molar-refractivity contribution in [2.45, 2.75) is 46.1 Å². The van der Waals surface area contributed by atoms with E-state index in [2.05, 4.69) is 29.3 Å². The normalized spacial score (nSPS) is 12.9. The third-order valence-electron chi connectivity index (χ3n) is 6.33. The molecule has 0 aromatic heterocycles. The van der Waals surface area contributed by atoms with Gasteiger partial charge in [0.1, 0.15) is 11.6 Å². The summed E-state index contributed by atoms with van der Waals surface area (Å²) in [6.07, 6.45) is 2.61. The van der Waals surface area contributed by atoms with Crippen molar-refractivity contribution in [3.63, 3.8) is 0 Å². The Hall–Kier alpha value is -3.54. The van der Waals surface area contributed by atoms with Crippen LogP contribution < -0.4 is 10.2 Å². The van der Waals surface area contributed by atoms with Gasteiger partial charge in [0, 0.05) is 36.6 Å². The summed E-state index contributed by atoms with van der Waals surface area (Å²) in [5.74, 6) is -0.377. The molecule has 4 rings (SSSR count). The monoisotopic (exact) mass is 462 g/mol. The van der Waals surface area contributed by atoms with Gasteiger partial charge in [0.25, 0.3) is 0 Å². The average molecular weight is 463 g/mol. The van der Waals surface area contributed by atoms with E-state index in [1.54, 1.807) is 25.1 Å². The minimum atomic E-state index is -0.324. The van der Waals surface area contributed by atoms with Crippen molar-refractivity contribution in [3.8, 4) is 5.75 Å². The SMILES string of the molecule is CCOC(=O)CCc1ccc(NCc2ccc3c(c2C)N(c2ccc(O)cc2)CCC3)cc1F. The topological polar surface area (TPSA) is 61.8 Å². The van der Waals surface area contributed by atoms with Crippen molar-refractivity contribution in [1.82, 2.24) is 0 Å². The molecular weight excluding hydrogens is 431 g/mol. The van der Waals surface area contributed by atoms with Crippen molar-refractivity contribution >= 4 is 23.0 Å². The van der Waals surface area contributed by atoms with E-state index in [1.165, 1.54) is 22.9 Å². The number of phenols is 1. The molecule has 0 spiro atoms. The van der Waals surface area contributed by atoms with Crippen LogP contribution in [0.4, 0.5) is 21.5 Å². The zero-order chi connectivity index (χ0) is 24.1. The first-order valence-electron chi connectivity index (χ1n) is 11.8.